The van der Waals surface area contributed by atoms with Gasteiger partial charge in [0, 0.05) is 18.3 Å². The van der Waals surface area contributed by atoms with Gasteiger partial charge in [-0.15, -0.1) is 0 Å². The molecule has 21 heavy (non-hydrogen) atoms. The van der Waals surface area contributed by atoms with Crippen LogP contribution in [0.3, 0.4) is 0 Å². The van der Waals surface area contributed by atoms with Gasteiger partial charge in [0.2, 0.25) is 0 Å². The standard InChI is InChI=1S/C15H12FN3O2/c1-2-19-15-12(8-18-19)14(21)11(7-17-15)13(20)9-3-5-10(16)6-4-9/h3-8H,2H2,1H3,(H,17,21). The molecule has 0 atom stereocenters. The average Bonchev–Trinajstić information content (AvgIpc) is 2.92. The van der Waals surface area contributed by atoms with Gasteiger partial charge in [0.15, 0.2) is 11.4 Å². The number of pyridine rings is 1. The van der Waals surface area contributed by atoms with Crippen LogP contribution >= 0.6 is 0 Å². The Morgan fingerprint density at radius 1 is 1.29 bits per heavy atom. The molecule has 0 spiro atoms. The van der Waals surface area contributed by atoms with Gasteiger partial charge in [-0.1, -0.05) is 0 Å². The van der Waals surface area contributed by atoms with E-state index in [0.717, 1.165) is 0 Å². The summed E-state index contributed by atoms with van der Waals surface area (Å²) in [4.78, 5) is 16.5. The van der Waals surface area contributed by atoms with E-state index in [0.29, 0.717) is 17.6 Å². The molecule has 0 aliphatic heterocycles. The number of aromatic hydroxyl groups is 1. The van der Waals surface area contributed by atoms with Gasteiger partial charge < -0.3 is 5.11 Å². The van der Waals surface area contributed by atoms with E-state index in [4.69, 9.17) is 0 Å². The number of aryl methyl sites for hydroxylation is 1. The summed E-state index contributed by atoms with van der Waals surface area (Å²) in [5.74, 6) is -0.992. The van der Waals surface area contributed by atoms with Gasteiger partial charge in [0.05, 0.1) is 17.1 Å². The Hall–Kier alpha value is -2.76. The highest BCUT2D eigenvalue weighted by atomic mass is 19.1. The number of hydrogen-bond donors (Lipinski definition) is 1. The molecule has 0 aliphatic carbocycles. The van der Waals surface area contributed by atoms with Crippen molar-refractivity contribution in [3.63, 3.8) is 0 Å². The fourth-order valence-electron chi connectivity index (χ4n) is 2.17. The van der Waals surface area contributed by atoms with Crippen molar-refractivity contribution in [3.05, 3.63) is 53.6 Å². The molecule has 2 aromatic heterocycles. The Bertz CT molecular complexity index is 825. The predicted octanol–water partition coefficient (Wildman–Crippen LogP) is 2.53. The molecule has 1 N–H and O–H groups in total. The van der Waals surface area contributed by atoms with Crippen molar-refractivity contribution in [1.29, 1.82) is 0 Å². The van der Waals surface area contributed by atoms with E-state index in [9.17, 15) is 14.3 Å². The van der Waals surface area contributed by atoms with Crippen molar-refractivity contribution in [2.24, 2.45) is 0 Å². The van der Waals surface area contributed by atoms with E-state index in [2.05, 4.69) is 10.1 Å². The van der Waals surface area contributed by atoms with Crippen LogP contribution in [0.2, 0.25) is 0 Å². The summed E-state index contributed by atoms with van der Waals surface area (Å²) in [5.41, 5.74) is 0.881. The molecule has 6 heteroatoms. The Morgan fingerprint density at radius 2 is 2.00 bits per heavy atom. The third-order valence-corrected chi connectivity index (χ3v) is 3.29. The van der Waals surface area contributed by atoms with Gasteiger partial charge in [-0.25, -0.2) is 14.1 Å². The summed E-state index contributed by atoms with van der Waals surface area (Å²) in [6.45, 7) is 2.52. The van der Waals surface area contributed by atoms with Crippen LogP contribution in [-0.2, 0) is 6.54 Å². The molecule has 0 saturated carbocycles. The van der Waals surface area contributed by atoms with Crippen molar-refractivity contribution >= 4 is 16.8 Å². The summed E-state index contributed by atoms with van der Waals surface area (Å²) in [6.07, 6.45) is 2.79. The van der Waals surface area contributed by atoms with E-state index in [1.165, 1.54) is 36.7 Å². The van der Waals surface area contributed by atoms with Crippen LogP contribution in [0.25, 0.3) is 11.0 Å². The first-order chi connectivity index (χ1) is 10.1. The first kappa shape index (κ1) is 13.2. The summed E-state index contributed by atoms with van der Waals surface area (Å²) < 4.78 is 14.5. The highest BCUT2D eigenvalue weighted by molar-refractivity contribution is 6.12. The molecule has 0 fully saturated rings. The third-order valence-electron chi connectivity index (χ3n) is 3.29. The van der Waals surface area contributed by atoms with Crippen molar-refractivity contribution < 1.29 is 14.3 Å². The lowest BCUT2D eigenvalue weighted by atomic mass is 10.0. The molecule has 2 heterocycles. The summed E-state index contributed by atoms with van der Waals surface area (Å²) in [6, 6.07) is 5.14. The second-order valence-electron chi connectivity index (χ2n) is 4.55. The molecule has 1 aromatic carbocycles. The number of rotatable bonds is 3. The topological polar surface area (TPSA) is 68.0 Å². The van der Waals surface area contributed by atoms with Gasteiger partial charge in [-0.2, -0.15) is 5.10 Å². The van der Waals surface area contributed by atoms with E-state index in [-0.39, 0.29) is 16.9 Å². The van der Waals surface area contributed by atoms with Crippen LogP contribution in [0.5, 0.6) is 5.75 Å². The molecule has 0 aliphatic rings. The van der Waals surface area contributed by atoms with Crippen LogP contribution in [0.1, 0.15) is 22.8 Å². The lowest BCUT2D eigenvalue weighted by molar-refractivity contribution is 0.103. The van der Waals surface area contributed by atoms with E-state index in [1.807, 2.05) is 6.92 Å². The number of benzene rings is 1. The lowest BCUT2D eigenvalue weighted by Gasteiger charge is -2.05. The number of nitrogens with zero attached hydrogens (tertiary/aromatic N) is 3. The van der Waals surface area contributed by atoms with Gasteiger partial charge >= 0.3 is 0 Å². The SMILES string of the molecule is CCn1ncc2c(O)c(C(=O)c3ccc(F)cc3)cnc21. The monoisotopic (exact) mass is 285 g/mol. The first-order valence-electron chi connectivity index (χ1n) is 6.45. The Labute approximate surface area is 119 Å². The number of aromatic nitrogens is 3. The second kappa shape index (κ2) is 4.97. The smallest absolute Gasteiger partial charge is 0.198 e. The first-order valence-corrected chi connectivity index (χ1v) is 6.45. The molecule has 0 amide bonds. The number of ketones is 1. The molecular weight excluding hydrogens is 273 g/mol. The second-order valence-corrected chi connectivity index (χ2v) is 4.55. The molecule has 0 radical (unpaired) electrons. The summed E-state index contributed by atoms with van der Waals surface area (Å²) in [7, 11) is 0. The number of fused-ring (bicyclic) bond motifs is 1. The fourth-order valence-corrected chi connectivity index (χ4v) is 2.17. The van der Waals surface area contributed by atoms with Gasteiger partial charge in [0.25, 0.3) is 0 Å². The maximum atomic E-state index is 12.9. The largest absolute Gasteiger partial charge is 0.506 e. The molecule has 5 nitrogen and oxygen atoms in total. The predicted molar refractivity (Wildman–Crippen MR) is 74.7 cm³/mol. The Morgan fingerprint density at radius 3 is 2.67 bits per heavy atom. The van der Waals surface area contributed by atoms with Crippen molar-refractivity contribution in [2.75, 3.05) is 0 Å². The molecular formula is C15H12FN3O2. The number of carbonyl (C=O) groups is 1. The van der Waals surface area contributed by atoms with Gasteiger partial charge in [-0.3, -0.25) is 4.79 Å². The Kier molecular flexibility index (Phi) is 3.13. The van der Waals surface area contributed by atoms with Crippen LogP contribution in [0.15, 0.2) is 36.7 Å². The highest BCUT2D eigenvalue weighted by Crippen LogP contribution is 2.28. The summed E-state index contributed by atoms with van der Waals surface area (Å²) >= 11 is 0. The van der Waals surface area contributed by atoms with E-state index < -0.39 is 11.6 Å². The zero-order valence-corrected chi connectivity index (χ0v) is 11.2. The van der Waals surface area contributed by atoms with Crippen LogP contribution < -0.4 is 0 Å². The molecule has 0 unspecified atom stereocenters. The van der Waals surface area contributed by atoms with E-state index in [1.54, 1.807) is 4.68 Å². The van der Waals surface area contributed by atoms with Crippen LogP contribution in [0.4, 0.5) is 4.39 Å². The highest BCUT2D eigenvalue weighted by Gasteiger charge is 2.18. The maximum absolute atomic E-state index is 12.9. The van der Waals surface area contributed by atoms with Crippen molar-refractivity contribution in [1.82, 2.24) is 14.8 Å². The zero-order chi connectivity index (χ0) is 15.0. The minimum Gasteiger partial charge on any atom is -0.506 e. The molecule has 3 rings (SSSR count). The fraction of sp³-hybridized carbons (Fsp3) is 0.133. The number of halogens is 1. The van der Waals surface area contributed by atoms with Crippen molar-refractivity contribution in [3.8, 4) is 5.75 Å². The van der Waals surface area contributed by atoms with Gasteiger partial charge in [-0.05, 0) is 31.2 Å². The normalized spacial score (nSPS) is 11.0. The third kappa shape index (κ3) is 2.14. The molecule has 0 bridgehead atoms. The van der Waals surface area contributed by atoms with Crippen LogP contribution in [0, 0.1) is 5.82 Å². The maximum Gasteiger partial charge on any atom is 0.198 e. The van der Waals surface area contributed by atoms with Crippen LogP contribution in [-0.4, -0.2) is 25.7 Å². The number of carbonyl (C=O) groups excluding carboxylic acids is 1. The summed E-state index contributed by atoms with van der Waals surface area (Å²) in [5, 5.41) is 14.8. The lowest BCUT2D eigenvalue weighted by Crippen LogP contribution is -2.04. The minimum atomic E-state index is -0.423. The molecule has 3 aromatic rings. The quantitative estimate of drug-likeness (QED) is 0.751. The van der Waals surface area contributed by atoms with Crippen molar-refractivity contribution in [2.45, 2.75) is 13.5 Å². The number of hydrogen-bond acceptors (Lipinski definition) is 4. The van der Waals surface area contributed by atoms with E-state index >= 15 is 0 Å². The minimum absolute atomic E-state index is 0.0739. The molecule has 0 saturated heterocycles. The average molecular weight is 285 g/mol. The Balaban J connectivity index is 2.10. The zero-order valence-electron chi connectivity index (χ0n) is 11.2. The molecule has 106 valence electrons. The van der Waals surface area contributed by atoms with Gasteiger partial charge in [0.1, 0.15) is 11.6 Å².